The van der Waals surface area contributed by atoms with E-state index in [0.29, 0.717) is 0 Å². The van der Waals surface area contributed by atoms with Gasteiger partial charge >= 0.3 is 0 Å². The van der Waals surface area contributed by atoms with Gasteiger partial charge in [-0.3, -0.25) is 0 Å². The van der Waals surface area contributed by atoms with Crippen molar-refractivity contribution in [3.05, 3.63) is 41.6 Å². The number of aromatic nitrogens is 3. The molecule has 108 valence electrons. The van der Waals surface area contributed by atoms with E-state index < -0.39 is 0 Å². The van der Waals surface area contributed by atoms with Gasteiger partial charge in [0.2, 0.25) is 0 Å². The number of benzene rings is 1. The fourth-order valence-electron chi connectivity index (χ4n) is 2.77. The summed E-state index contributed by atoms with van der Waals surface area (Å²) in [4.78, 5) is 9.25. The predicted octanol–water partition coefficient (Wildman–Crippen LogP) is 3.88. The molecule has 0 aliphatic rings. The third kappa shape index (κ3) is 2.17. The molecule has 4 heteroatoms. The Kier molecular flexibility index (Phi) is 3.16. The zero-order chi connectivity index (χ0) is 15.1. The van der Waals surface area contributed by atoms with Crippen molar-refractivity contribution in [2.45, 2.75) is 33.7 Å². The number of anilines is 1. The van der Waals surface area contributed by atoms with Crippen LogP contribution in [0.3, 0.4) is 0 Å². The number of hydrogen-bond donors (Lipinski definition) is 1. The van der Waals surface area contributed by atoms with E-state index in [2.05, 4.69) is 42.5 Å². The molecule has 0 amide bonds. The highest BCUT2D eigenvalue weighted by atomic mass is 15.1. The molecule has 2 heterocycles. The van der Waals surface area contributed by atoms with Crippen molar-refractivity contribution in [2.24, 2.45) is 0 Å². The summed E-state index contributed by atoms with van der Waals surface area (Å²) in [6.45, 7) is 8.39. The van der Waals surface area contributed by atoms with Crippen LogP contribution in [0.15, 0.2) is 30.5 Å². The molecule has 0 aliphatic carbocycles. The minimum atomic E-state index is 0.264. The van der Waals surface area contributed by atoms with E-state index in [-0.39, 0.29) is 6.04 Å². The molecule has 0 atom stereocenters. The number of fused-ring (bicyclic) bond motifs is 1. The first kappa shape index (κ1) is 13.6. The third-order valence-electron chi connectivity index (χ3n) is 3.74. The Labute approximate surface area is 124 Å². The summed E-state index contributed by atoms with van der Waals surface area (Å²) >= 11 is 0. The molecule has 4 nitrogen and oxygen atoms in total. The van der Waals surface area contributed by atoms with Gasteiger partial charge in [0.25, 0.3) is 0 Å². The molecule has 3 rings (SSSR count). The highest BCUT2D eigenvalue weighted by Crippen LogP contribution is 2.33. The molecule has 0 saturated carbocycles. The minimum Gasteiger partial charge on any atom is -0.398 e. The van der Waals surface area contributed by atoms with Gasteiger partial charge in [0.1, 0.15) is 11.3 Å². The molecular weight excluding hydrogens is 260 g/mol. The van der Waals surface area contributed by atoms with Gasteiger partial charge in [-0.1, -0.05) is 6.07 Å². The lowest BCUT2D eigenvalue weighted by atomic mass is 10.0. The van der Waals surface area contributed by atoms with E-state index in [1.54, 1.807) is 6.20 Å². The van der Waals surface area contributed by atoms with Crippen molar-refractivity contribution in [3.63, 3.8) is 0 Å². The summed E-state index contributed by atoms with van der Waals surface area (Å²) in [7, 11) is 0. The summed E-state index contributed by atoms with van der Waals surface area (Å²) in [5, 5.41) is 0. The van der Waals surface area contributed by atoms with Gasteiger partial charge in [0, 0.05) is 23.5 Å². The Morgan fingerprint density at radius 2 is 1.95 bits per heavy atom. The molecule has 0 aliphatic heterocycles. The maximum atomic E-state index is 6.30. The lowest BCUT2D eigenvalue weighted by molar-refractivity contribution is 0.620. The van der Waals surface area contributed by atoms with Crippen molar-refractivity contribution in [3.8, 4) is 11.4 Å². The first-order valence-electron chi connectivity index (χ1n) is 7.19. The first-order chi connectivity index (χ1) is 9.99. The summed E-state index contributed by atoms with van der Waals surface area (Å²) in [6.07, 6.45) is 1.80. The molecular formula is C17H20N4. The number of hydrogen-bond acceptors (Lipinski definition) is 3. The van der Waals surface area contributed by atoms with Gasteiger partial charge in [-0.15, -0.1) is 0 Å². The summed E-state index contributed by atoms with van der Waals surface area (Å²) in [5.41, 5.74) is 12.2. The number of pyridine rings is 1. The SMILES string of the molecule is Cc1cc(C)c(N)c(-c2nc3cccnc3n2C(C)C)c1. The van der Waals surface area contributed by atoms with Crippen LogP contribution in [0.1, 0.15) is 31.0 Å². The second kappa shape index (κ2) is 4.88. The first-order valence-corrected chi connectivity index (χ1v) is 7.19. The highest BCUT2D eigenvalue weighted by molar-refractivity contribution is 5.82. The van der Waals surface area contributed by atoms with Crippen LogP contribution < -0.4 is 5.73 Å². The fraction of sp³-hybridized carbons (Fsp3) is 0.294. The topological polar surface area (TPSA) is 56.7 Å². The van der Waals surface area contributed by atoms with Crippen LogP contribution in [0.4, 0.5) is 5.69 Å². The zero-order valence-electron chi connectivity index (χ0n) is 12.9. The highest BCUT2D eigenvalue weighted by Gasteiger charge is 2.18. The summed E-state index contributed by atoms with van der Waals surface area (Å²) in [6, 6.07) is 8.36. The van der Waals surface area contributed by atoms with E-state index in [4.69, 9.17) is 10.7 Å². The Hall–Kier alpha value is -2.36. The number of imidazole rings is 1. The van der Waals surface area contributed by atoms with Gasteiger partial charge in [-0.2, -0.15) is 0 Å². The minimum absolute atomic E-state index is 0.264. The standard InChI is InChI=1S/C17H20N4/c1-10(2)21-16(20-14-6-5-7-19-17(14)21)13-9-11(3)8-12(4)15(13)18/h5-10H,18H2,1-4H3. The maximum absolute atomic E-state index is 6.30. The Morgan fingerprint density at radius 1 is 1.19 bits per heavy atom. The molecule has 0 unspecified atom stereocenters. The van der Waals surface area contributed by atoms with E-state index in [9.17, 15) is 0 Å². The summed E-state index contributed by atoms with van der Waals surface area (Å²) in [5.74, 6) is 0.892. The molecule has 3 aromatic rings. The van der Waals surface area contributed by atoms with Crippen molar-refractivity contribution >= 4 is 16.9 Å². The number of rotatable bonds is 2. The van der Waals surface area contributed by atoms with Crippen LogP contribution in [-0.4, -0.2) is 14.5 Å². The fourth-order valence-corrected chi connectivity index (χ4v) is 2.77. The van der Waals surface area contributed by atoms with Gasteiger partial charge in [-0.25, -0.2) is 9.97 Å². The second-order valence-electron chi connectivity index (χ2n) is 5.79. The molecule has 21 heavy (non-hydrogen) atoms. The van der Waals surface area contributed by atoms with Crippen molar-refractivity contribution in [1.29, 1.82) is 0 Å². The number of nitrogen functional groups attached to an aromatic ring is 1. The van der Waals surface area contributed by atoms with Gasteiger partial charge in [-0.05, 0) is 57.0 Å². The van der Waals surface area contributed by atoms with Gasteiger partial charge < -0.3 is 10.3 Å². The van der Waals surface area contributed by atoms with Crippen molar-refractivity contribution < 1.29 is 0 Å². The Balaban J connectivity index is 2.38. The van der Waals surface area contributed by atoms with Crippen LogP contribution in [0, 0.1) is 13.8 Å². The molecule has 0 bridgehead atoms. The maximum Gasteiger partial charge on any atom is 0.160 e. The summed E-state index contributed by atoms with van der Waals surface area (Å²) < 4.78 is 2.15. The largest absolute Gasteiger partial charge is 0.398 e. The number of aryl methyl sites for hydroxylation is 2. The van der Waals surface area contributed by atoms with Crippen LogP contribution >= 0.6 is 0 Å². The predicted molar refractivity (Wildman–Crippen MR) is 87.2 cm³/mol. The van der Waals surface area contributed by atoms with Crippen LogP contribution in [0.5, 0.6) is 0 Å². The monoisotopic (exact) mass is 280 g/mol. The van der Waals surface area contributed by atoms with Crippen molar-refractivity contribution in [2.75, 3.05) is 5.73 Å². The van der Waals surface area contributed by atoms with E-state index in [0.717, 1.165) is 33.8 Å². The molecule has 2 N–H and O–H groups in total. The van der Waals surface area contributed by atoms with Crippen LogP contribution in [-0.2, 0) is 0 Å². The van der Waals surface area contributed by atoms with Crippen molar-refractivity contribution in [1.82, 2.24) is 14.5 Å². The van der Waals surface area contributed by atoms with Crippen LogP contribution in [0.25, 0.3) is 22.6 Å². The number of nitrogens with two attached hydrogens (primary N) is 1. The smallest absolute Gasteiger partial charge is 0.160 e. The molecule has 0 fully saturated rings. The van der Waals surface area contributed by atoms with Gasteiger partial charge in [0.15, 0.2) is 5.65 Å². The van der Waals surface area contributed by atoms with Gasteiger partial charge in [0.05, 0.1) is 0 Å². The second-order valence-corrected chi connectivity index (χ2v) is 5.79. The van der Waals surface area contributed by atoms with E-state index >= 15 is 0 Å². The quantitative estimate of drug-likeness (QED) is 0.725. The molecule has 0 spiro atoms. The number of nitrogens with zero attached hydrogens (tertiary/aromatic N) is 3. The average Bonchev–Trinajstić information content (AvgIpc) is 2.82. The Bertz CT molecular complexity index is 815. The Morgan fingerprint density at radius 3 is 2.67 bits per heavy atom. The van der Waals surface area contributed by atoms with E-state index in [1.165, 1.54) is 5.56 Å². The molecule has 1 aromatic carbocycles. The zero-order valence-corrected chi connectivity index (χ0v) is 12.9. The van der Waals surface area contributed by atoms with Crippen LogP contribution in [0.2, 0.25) is 0 Å². The third-order valence-corrected chi connectivity index (χ3v) is 3.74. The molecule has 0 saturated heterocycles. The lowest BCUT2D eigenvalue weighted by Crippen LogP contribution is -2.06. The molecule has 0 radical (unpaired) electrons. The lowest BCUT2D eigenvalue weighted by Gasteiger charge is -2.15. The normalized spacial score (nSPS) is 11.5. The average molecular weight is 280 g/mol. The molecule has 2 aromatic heterocycles. The van der Waals surface area contributed by atoms with E-state index in [1.807, 2.05) is 19.1 Å².